The second-order valence-corrected chi connectivity index (χ2v) is 17.8. The number of nitrogens with one attached hydrogen (secondary N) is 4. The largest absolute Gasteiger partial charge is 0.369 e. The van der Waals surface area contributed by atoms with E-state index >= 15 is 0 Å². The number of urea groups is 1. The second-order valence-electron chi connectivity index (χ2n) is 17.8. The van der Waals surface area contributed by atoms with Gasteiger partial charge in [-0.05, 0) is 112 Å². The monoisotopic (exact) mass is 906 g/mol. The molecule has 16 heteroatoms. The summed E-state index contributed by atoms with van der Waals surface area (Å²) in [5.41, 5.74) is 4.33. The summed E-state index contributed by atoms with van der Waals surface area (Å²) in [6, 6.07) is 27.8. The molecule has 3 fully saturated rings. The zero-order valence-electron chi connectivity index (χ0n) is 37.8. The predicted octanol–water partition coefficient (Wildman–Crippen LogP) is 6.60. The van der Waals surface area contributed by atoms with Crippen molar-refractivity contribution < 1.29 is 28.8 Å². The van der Waals surface area contributed by atoms with Crippen molar-refractivity contribution in [2.45, 2.75) is 102 Å². The van der Waals surface area contributed by atoms with Crippen molar-refractivity contribution in [3.05, 3.63) is 113 Å². The van der Waals surface area contributed by atoms with E-state index in [1.54, 1.807) is 18.3 Å². The van der Waals surface area contributed by atoms with Crippen molar-refractivity contribution in [3.63, 3.8) is 0 Å². The molecule has 3 aliphatic heterocycles. The molecular weight excluding hydrogens is 849 g/mol. The first-order chi connectivity index (χ1) is 32.6. The lowest BCUT2D eigenvalue weighted by molar-refractivity contribution is -0.136. The van der Waals surface area contributed by atoms with Gasteiger partial charge >= 0.3 is 6.03 Å². The summed E-state index contributed by atoms with van der Waals surface area (Å²) in [7, 11) is 0. The van der Waals surface area contributed by atoms with E-state index in [1.807, 2.05) is 41.3 Å². The normalized spacial score (nSPS) is 19.6. The molecule has 7 amide bonds. The van der Waals surface area contributed by atoms with Crippen molar-refractivity contribution in [3.8, 4) is 6.07 Å². The van der Waals surface area contributed by atoms with E-state index in [-0.39, 0.29) is 48.0 Å². The van der Waals surface area contributed by atoms with Gasteiger partial charge in [0.15, 0.2) is 0 Å². The van der Waals surface area contributed by atoms with E-state index < -0.39 is 29.7 Å². The zero-order valence-corrected chi connectivity index (χ0v) is 37.8. The van der Waals surface area contributed by atoms with Crippen LogP contribution in [0.15, 0.2) is 91.1 Å². The van der Waals surface area contributed by atoms with Gasteiger partial charge < -0.3 is 20.9 Å². The Kier molecular flexibility index (Phi) is 15.2. The average Bonchev–Trinajstić information content (AvgIpc) is 3.59. The van der Waals surface area contributed by atoms with Crippen LogP contribution in [0.5, 0.6) is 0 Å². The SMILES string of the molecule is N#Cc1ccc(NC2CCC(N(C(=O)NCc3ccccc3)c3ccc(N4CCN(CCCCCCCC(=O)Nc5ccc6c(c5)C(=O)N(C5CCC(=O)NC5=O)C6=O)CC4)cc3)CC2)nc1. The van der Waals surface area contributed by atoms with Gasteiger partial charge in [0.1, 0.15) is 17.9 Å². The number of amides is 7. The standard InChI is InChI=1S/C51H58N10O6/c52-32-36-12-24-45(53-34-36)55-37-13-16-40(17-14-37)60(51(67)54-33-35-9-5-4-6-10-35)41-20-18-39(19-21-41)59-29-27-58(28-30-59)26-8-3-1-2-7-11-46(62)56-38-15-22-42-43(31-38)50(66)61(49(42)65)44-23-25-47(63)57-48(44)64/h4-6,9-10,12,15,18-22,24,31,34,37,40,44H,1-3,7-8,11,13-14,16-17,23,25-30,33H2,(H,53,55)(H,54,67)(H,56,62)(H,57,63,64). The molecule has 1 unspecified atom stereocenters. The summed E-state index contributed by atoms with van der Waals surface area (Å²) in [5.74, 6) is -1.69. The molecule has 1 aliphatic carbocycles. The Morgan fingerprint density at radius 3 is 2.24 bits per heavy atom. The highest BCUT2D eigenvalue weighted by Crippen LogP contribution is 2.32. The van der Waals surface area contributed by atoms with Crippen LogP contribution >= 0.6 is 0 Å². The van der Waals surface area contributed by atoms with Crippen LogP contribution in [0.25, 0.3) is 0 Å². The average molecular weight is 907 g/mol. The Morgan fingerprint density at radius 1 is 0.791 bits per heavy atom. The fourth-order valence-corrected chi connectivity index (χ4v) is 9.56. The number of nitriles is 1. The van der Waals surface area contributed by atoms with E-state index in [4.69, 9.17) is 5.26 Å². The maximum atomic E-state index is 13.9. The number of fused-ring (bicyclic) bond motifs is 1. The highest BCUT2D eigenvalue weighted by atomic mass is 16.2. The molecule has 348 valence electrons. The summed E-state index contributed by atoms with van der Waals surface area (Å²) >= 11 is 0. The first-order valence-corrected chi connectivity index (χ1v) is 23.6. The van der Waals surface area contributed by atoms with Gasteiger partial charge in [0.2, 0.25) is 17.7 Å². The Hall–Kier alpha value is -7.12. The summed E-state index contributed by atoms with van der Waals surface area (Å²) in [6.45, 7) is 5.28. The Bertz CT molecular complexity index is 2460. The summed E-state index contributed by atoms with van der Waals surface area (Å²) in [6.07, 6.45) is 10.4. The van der Waals surface area contributed by atoms with Crippen molar-refractivity contribution in [1.82, 2.24) is 25.4 Å². The lowest BCUT2D eigenvalue weighted by Crippen LogP contribution is -2.54. The van der Waals surface area contributed by atoms with Crippen molar-refractivity contribution >= 4 is 58.4 Å². The van der Waals surface area contributed by atoms with Crippen LogP contribution in [-0.4, -0.2) is 101 Å². The number of rotatable bonds is 17. The molecule has 3 aromatic carbocycles. The number of imide groups is 2. The molecule has 4 heterocycles. The molecule has 4 aromatic rings. The van der Waals surface area contributed by atoms with Crippen molar-refractivity contribution in [2.75, 3.05) is 53.2 Å². The molecular formula is C51H58N10O6. The number of nitrogens with zero attached hydrogens (tertiary/aromatic N) is 6. The number of anilines is 4. The number of pyridine rings is 1. The van der Waals surface area contributed by atoms with Crippen LogP contribution < -0.4 is 31.1 Å². The van der Waals surface area contributed by atoms with E-state index in [1.165, 1.54) is 12.1 Å². The number of piperazine rings is 1. The number of aromatic nitrogens is 1. The van der Waals surface area contributed by atoms with Crippen LogP contribution in [0, 0.1) is 11.3 Å². The Balaban J connectivity index is 0.740. The third kappa shape index (κ3) is 11.6. The molecule has 0 bridgehead atoms. The van der Waals surface area contributed by atoms with Crippen LogP contribution in [0.2, 0.25) is 0 Å². The molecule has 0 radical (unpaired) electrons. The Labute approximate surface area is 391 Å². The molecule has 1 atom stereocenters. The van der Waals surface area contributed by atoms with E-state index in [0.29, 0.717) is 24.2 Å². The van der Waals surface area contributed by atoms with Gasteiger partial charge in [0, 0.05) is 80.9 Å². The minimum Gasteiger partial charge on any atom is -0.369 e. The third-order valence-corrected chi connectivity index (χ3v) is 13.3. The fraction of sp³-hybridized carbons (Fsp3) is 0.412. The fourth-order valence-electron chi connectivity index (χ4n) is 9.56. The van der Waals surface area contributed by atoms with Crippen LogP contribution in [0.1, 0.15) is 109 Å². The smallest absolute Gasteiger partial charge is 0.322 e. The number of piperidine rings is 1. The second kappa shape index (κ2) is 21.9. The minimum absolute atomic E-state index is 0.0471. The highest BCUT2D eigenvalue weighted by molar-refractivity contribution is 6.24. The number of carbonyl (C=O) groups is 6. The minimum atomic E-state index is -1.04. The molecule has 1 aromatic heterocycles. The number of benzene rings is 3. The molecule has 4 N–H and O–H groups in total. The topological polar surface area (TPSA) is 200 Å². The Morgan fingerprint density at radius 2 is 1.52 bits per heavy atom. The highest BCUT2D eigenvalue weighted by Gasteiger charge is 2.44. The number of hydrogen-bond donors (Lipinski definition) is 4. The maximum Gasteiger partial charge on any atom is 0.322 e. The van der Waals surface area contributed by atoms with Gasteiger partial charge in [-0.1, -0.05) is 49.6 Å². The quantitative estimate of drug-likeness (QED) is 0.0658. The van der Waals surface area contributed by atoms with Gasteiger partial charge in [-0.2, -0.15) is 5.26 Å². The summed E-state index contributed by atoms with van der Waals surface area (Å²) < 4.78 is 0. The van der Waals surface area contributed by atoms with Gasteiger partial charge in [0.25, 0.3) is 11.8 Å². The molecule has 1 saturated carbocycles. The molecule has 2 saturated heterocycles. The summed E-state index contributed by atoms with van der Waals surface area (Å²) in [5, 5.41) is 20.8. The molecule has 8 rings (SSSR count). The third-order valence-electron chi connectivity index (χ3n) is 13.3. The van der Waals surface area contributed by atoms with Crippen molar-refractivity contribution in [1.29, 1.82) is 5.26 Å². The summed E-state index contributed by atoms with van der Waals surface area (Å²) in [4.78, 5) is 88.9. The molecule has 4 aliphatic rings. The van der Waals surface area contributed by atoms with Crippen molar-refractivity contribution in [2.24, 2.45) is 0 Å². The first kappa shape index (κ1) is 46.4. The predicted molar refractivity (Wildman–Crippen MR) is 254 cm³/mol. The number of unbranched alkanes of at least 4 members (excludes halogenated alkanes) is 4. The molecule has 16 nitrogen and oxygen atoms in total. The van der Waals surface area contributed by atoms with E-state index in [9.17, 15) is 28.8 Å². The van der Waals surface area contributed by atoms with Crippen LogP contribution in [0.3, 0.4) is 0 Å². The van der Waals surface area contributed by atoms with E-state index in [0.717, 1.165) is 118 Å². The van der Waals surface area contributed by atoms with Gasteiger partial charge in [-0.3, -0.25) is 44.0 Å². The lowest BCUT2D eigenvalue weighted by atomic mass is 9.90. The van der Waals surface area contributed by atoms with Crippen LogP contribution in [0.4, 0.5) is 27.7 Å². The zero-order chi connectivity index (χ0) is 46.7. The van der Waals surface area contributed by atoms with Gasteiger partial charge in [-0.25, -0.2) is 9.78 Å². The number of hydrogen-bond acceptors (Lipinski definition) is 11. The maximum absolute atomic E-state index is 13.9. The first-order valence-electron chi connectivity index (χ1n) is 23.6. The lowest BCUT2D eigenvalue weighted by Gasteiger charge is -2.38. The van der Waals surface area contributed by atoms with Crippen LogP contribution in [-0.2, 0) is 20.9 Å². The number of carbonyl (C=O) groups excluding carboxylic acids is 6. The molecule has 67 heavy (non-hydrogen) atoms. The van der Waals surface area contributed by atoms with E-state index in [2.05, 4.69) is 66.4 Å². The van der Waals surface area contributed by atoms with Gasteiger partial charge in [0.05, 0.1) is 16.7 Å². The van der Waals surface area contributed by atoms with Gasteiger partial charge in [-0.15, -0.1) is 0 Å². The molecule has 0 spiro atoms.